The van der Waals surface area contributed by atoms with E-state index in [2.05, 4.69) is 9.97 Å². The van der Waals surface area contributed by atoms with Gasteiger partial charge in [0.1, 0.15) is 0 Å². The highest BCUT2D eigenvalue weighted by molar-refractivity contribution is 5.84. The van der Waals surface area contributed by atoms with Crippen LogP contribution in [0.1, 0.15) is 16.1 Å². The molecule has 5 nitrogen and oxygen atoms in total. The molecule has 0 aromatic carbocycles. The first-order chi connectivity index (χ1) is 7.75. The predicted octanol–water partition coefficient (Wildman–Crippen LogP) is 1.22. The maximum absolute atomic E-state index is 10.6. The maximum Gasteiger partial charge on any atom is 0.356 e. The van der Waals surface area contributed by atoms with E-state index in [0.717, 1.165) is 12.0 Å². The summed E-state index contributed by atoms with van der Waals surface area (Å²) >= 11 is 0. The fraction of sp³-hybridized carbons (Fsp3) is 0.182. The second-order valence-electron chi connectivity index (χ2n) is 3.41. The van der Waals surface area contributed by atoms with E-state index in [0.29, 0.717) is 6.54 Å². The van der Waals surface area contributed by atoms with E-state index >= 15 is 0 Å². The number of rotatable bonds is 4. The fourth-order valence-electron chi connectivity index (χ4n) is 1.40. The third-order valence-corrected chi connectivity index (χ3v) is 2.23. The minimum absolute atomic E-state index is 0.0752. The molecule has 0 amide bonds. The number of imidazole rings is 1. The molecule has 16 heavy (non-hydrogen) atoms. The van der Waals surface area contributed by atoms with Crippen LogP contribution < -0.4 is 0 Å². The van der Waals surface area contributed by atoms with E-state index in [1.54, 1.807) is 17.0 Å². The third kappa shape index (κ3) is 2.44. The number of nitrogens with zero attached hydrogens (tertiary/aromatic N) is 3. The molecule has 0 bridgehead atoms. The lowest BCUT2D eigenvalue weighted by Crippen LogP contribution is -1.99. The van der Waals surface area contributed by atoms with Crippen molar-refractivity contribution in [1.82, 2.24) is 14.5 Å². The van der Waals surface area contributed by atoms with E-state index in [9.17, 15) is 4.79 Å². The smallest absolute Gasteiger partial charge is 0.356 e. The zero-order valence-electron chi connectivity index (χ0n) is 8.58. The molecule has 0 spiro atoms. The zero-order chi connectivity index (χ0) is 11.4. The van der Waals surface area contributed by atoms with Gasteiger partial charge in [0.2, 0.25) is 0 Å². The van der Waals surface area contributed by atoms with Gasteiger partial charge in [-0.1, -0.05) is 6.07 Å². The number of carbonyl (C=O) groups is 1. The summed E-state index contributed by atoms with van der Waals surface area (Å²) in [5, 5.41) is 8.70. The van der Waals surface area contributed by atoms with E-state index in [4.69, 9.17) is 5.11 Å². The Balaban J connectivity index is 1.97. The molecule has 0 fully saturated rings. The average Bonchev–Trinajstić information content (AvgIpc) is 2.76. The predicted molar refractivity (Wildman–Crippen MR) is 57.1 cm³/mol. The van der Waals surface area contributed by atoms with Crippen LogP contribution in [0.3, 0.4) is 0 Å². The molecule has 0 saturated heterocycles. The molecule has 0 unspecified atom stereocenters. The Labute approximate surface area is 92.4 Å². The van der Waals surface area contributed by atoms with Crippen molar-refractivity contribution >= 4 is 5.97 Å². The number of carboxylic acids is 1. The first-order valence-electron chi connectivity index (χ1n) is 4.89. The molecule has 0 aliphatic heterocycles. The second-order valence-corrected chi connectivity index (χ2v) is 3.41. The standard InChI is InChI=1S/C11H11N3O2/c15-11(16)10-7-14(8-13-10)5-3-9-2-1-4-12-6-9/h1-2,4,6-8H,3,5H2,(H,15,16). The summed E-state index contributed by atoms with van der Waals surface area (Å²) in [6.45, 7) is 0.700. The number of hydrogen-bond acceptors (Lipinski definition) is 3. The van der Waals surface area contributed by atoms with Crippen LogP contribution in [-0.2, 0) is 13.0 Å². The van der Waals surface area contributed by atoms with Crippen LogP contribution in [0.2, 0.25) is 0 Å². The molecule has 2 heterocycles. The van der Waals surface area contributed by atoms with Gasteiger partial charge >= 0.3 is 5.97 Å². The highest BCUT2D eigenvalue weighted by Gasteiger charge is 2.05. The number of aromatic carboxylic acids is 1. The lowest BCUT2D eigenvalue weighted by atomic mass is 10.2. The number of hydrogen-bond donors (Lipinski definition) is 1. The summed E-state index contributed by atoms with van der Waals surface area (Å²) in [7, 11) is 0. The number of pyridine rings is 1. The summed E-state index contributed by atoms with van der Waals surface area (Å²) in [5.74, 6) is -1.000. The third-order valence-electron chi connectivity index (χ3n) is 2.23. The van der Waals surface area contributed by atoms with Crippen LogP contribution >= 0.6 is 0 Å². The first-order valence-corrected chi connectivity index (χ1v) is 4.89. The number of aryl methyl sites for hydroxylation is 2. The van der Waals surface area contributed by atoms with Gasteiger partial charge in [-0.15, -0.1) is 0 Å². The lowest BCUT2D eigenvalue weighted by Gasteiger charge is -2.01. The van der Waals surface area contributed by atoms with Crippen molar-refractivity contribution in [1.29, 1.82) is 0 Å². The molecular weight excluding hydrogens is 206 g/mol. The largest absolute Gasteiger partial charge is 0.476 e. The SMILES string of the molecule is O=C(O)c1cn(CCc2cccnc2)cn1. The van der Waals surface area contributed by atoms with Gasteiger partial charge in [0.15, 0.2) is 5.69 Å². The Hall–Kier alpha value is -2.17. The van der Waals surface area contributed by atoms with Gasteiger partial charge in [-0.25, -0.2) is 9.78 Å². The second kappa shape index (κ2) is 4.57. The summed E-state index contributed by atoms with van der Waals surface area (Å²) in [5.41, 5.74) is 1.19. The van der Waals surface area contributed by atoms with Gasteiger partial charge in [-0.2, -0.15) is 0 Å². The molecule has 1 N–H and O–H groups in total. The van der Waals surface area contributed by atoms with Crippen LogP contribution in [0.15, 0.2) is 37.1 Å². The van der Waals surface area contributed by atoms with Crippen LogP contribution in [0, 0.1) is 0 Å². The Morgan fingerprint density at radius 2 is 2.38 bits per heavy atom. The summed E-state index contributed by atoms with van der Waals surface area (Å²) < 4.78 is 1.76. The van der Waals surface area contributed by atoms with Crippen LogP contribution in [0.25, 0.3) is 0 Å². The monoisotopic (exact) mass is 217 g/mol. The van der Waals surface area contributed by atoms with Gasteiger partial charge in [-0.05, 0) is 18.1 Å². The Morgan fingerprint density at radius 1 is 1.50 bits per heavy atom. The van der Waals surface area contributed by atoms with Crippen molar-refractivity contribution in [2.24, 2.45) is 0 Å². The normalized spacial score (nSPS) is 10.2. The number of carboxylic acid groups (broad SMARTS) is 1. The molecule has 2 rings (SSSR count). The average molecular weight is 217 g/mol. The van der Waals surface area contributed by atoms with Crippen LogP contribution in [-0.4, -0.2) is 25.6 Å². The highest BCUT2D eigenvalue weighted by atomic mass is 16.4. The van der Waals surface area contributed by atoms with E-state index in [1.165, 1.54) is 12.5 Å². The summed E-state index contributed by atoms with van der Waals surface area (Å²) in [6.07, 6.45) is 7.39. The van der Waals surface area contributed by atoms with Gasteiger partial charge in [0.25, 0.3) is 0 Å². The topological polar surface area (TPSA) is 68.0 Å². The van der Waals surface area contributed by atoms with Crippen molar-refractivity contribution in [3.63, 3.8) is 0 Å². The Kier molecular flexibility index (Phi) is 2.95. The van der Waals surface area contributed by atoms with Crippen molar-refractivity contribution in [3.8, 4) is 0 Å². The van der Waals surface area contributed by atoms with E-state index in [1.807, 2.05) is 12.1 Å². The minimum atomic E-state index is -1.000. The molecule has 82 valence electrons. The summed E-state index contributed by atoms with van der Waals surface area (Å²) in [6, 6.07) is 3.87. The quantitative estimate of drug-likeness (QED) is 0.836. The Morgan fingerprint density at radius 3 is 3.00 bits per heavy atom. The van der Waals surface area contributed by atoms with Crippen molar-refractivity contribution in [2.75, 3.05) is 0 Å². The minimum Gasteiger partial charge on any atom is -0.476 e. The molecule has 0 radical (unpaired) electrons. The zero-order valence-corrected chi connectivity index (χ0v) is 8.58. The van der Waals surface area contributed by atoms with E-state index < -0.39 is 5.97 Å². The molecule has 2 aromatic rings. The van der Waals surface area contributed by atoms with Gasteiger partial charge in [-0.3, -0.25) is 4.98 Å². The maximum atomic E-state index is 10.6. The molecular formula is C11H11N3O2. The van der Waals surface area contributed by atoms with Crippen molar-refractivity contribution in [2.45, 2.75) is 13.0 Å². The van der Waals surface area contributed by atoms with E-state index in [-0.39, 0.29) is 5.69 Å². The molecule has 0 aliphatic carbocycles. The van der Waals surface area contributed by atoms with Gasteiger partial charge < -0.3 is 9.67 Å². The molecule has 5 heteroatoms. The van der Waals surface area contributed by atoms with Crippen LogP contribution in [0.4, 0.5) is 0 Å². The molecule has 2 aromatic heterocycles. The molecule has 0 saturated carbocycles. The van der Waals surface area contributed by atoms with Gasteiger partial charge in [0, 0.05) is 25.1 Å². The Bertz CT molecular complexity index is 479. The fourth-order valence-corrected chi connectivity index (χ4v) is 1.40. The van der Waals surface area contributed by atoms with Crippen LogP contribution in [0.5, 0.6) is 0 Å². The molecule has 0 aliphatic rings. The summed E-state index contributed by atoms with van der Waals surface area (Å²) in [4.78, 5) is 18.4. The highest BCUT2D eigenvalue weighted by Crippen LogP contribution is 2.01. The van der Waals surface area contributed by atoms with Gasteiger partial charge in [0.05, 0.1) is 6.33 Å². The first kappa shape index (κ1) is 10.4. The van der Waals surface area contributed by atoms with Crippen molar-refractivity contribution in [3.05, 3.63) is 48.3 Å². The number of aromatic nitrogens is 3. The molecule has 0 atom stereocenters. The lowest BCUT2D eigenvalue weighted by molar-refractivity contribution is 0.0691. The van der Waals surface area contributed by atoms with Crippen molar-refractivity contribution < 1.29 is 9.90 Å².